The maximum absolute atomic E-state index is 6.91. The fourth-order valence-electron chi connectivity index (χ4n) is 10.1. The van der Waals surface area contributed by atoms with Gasteiger partial charge in [-0.15, -0.1) is 0 Å². The number of ether oxygens (including phenoxy) is 1. The van der Waals surface area contributed by atoms with E-state index in [1.807, 2.05) is 12.3 Å². The summed E-state index contributed by atoms with van der Waals surface area (Å²) in [5.74, 6) is 2.34. The van der Waals surface area contributed by atoms with Crippen LogP contribution >= 0.6 is 0 Å². The number of nitrogens with zero attached hydrogens (tertiary/aromatic N) is 4. The number of rotatable bonds is 6. The van der Waals surface area contributed by atoms with Crippen LogP contribution in [0.5, 0.6) is 11.5 Å². The summed E-state index contributed by atoms with van der Waals surface area (Å²) < 4.78 is 13.6. The van der Waals surface area contributed by atoms with Crippen molar-refractivity contribution in [3.05, 3.63) is 212 Å². The third kappa shape index (κ3) is 6.76. The normalized spacial score (nSPS) is 12.3. The first-order chi connectivity index (χ1) is 32.5. The van der Waals surface area contributed by atoms with Crippen molar-refractivity contribution in [2.45, 2.75) is 52.4 Å². The van der Waals surface area contributed by atoms with E-state index in [-0.39, 0.29) is 10.8 Å². The predicted octanol–water partition coefficient (Wildman–Crippen LogP) is 15.6. The number of benzene rings is 8. The second-order valence-corrected chi connectivity index (χ2v) is 19.9. The molecule has 324 valence electrons. The monoisotopic (exact) mass is 866 g/mol. The van der Waals surface area contributed by atoms with Gasteiger partial charge in [-0.25, -0.2) is 4.98 Å². The van der Waals surface area contributed by atoms with Gasteiger partial charge < -0.3 is 4.74 Å². The Hall–Kier alpha value is -8.02. The molecule has 0 atom stereocenters. The van der Waals surface area contributed by atoms with Crippen molar-refractivity contribution in [1.82, 2.24) is 14.1 Å². The summed E-state index contributed by atoms with van der Waals surface area (Å²) in [7, 11) is 0. The molecule has 0 saturated heterocycles. The molecule has 8 aromatic carbocycles. The Morgan fingerprint density at radius 3 is 2.01 bits per heavy atom. The number of hydrogen-bond acceptors (Lipinski definition) is 2. The molecule has 1 aliphatic rings. The fraction of sp³-hybridized carbons (Fsp3) is 0.129. The van der Waals surface area contributed by atoms with E-state index in [1.54, 1.807) is 0 Å². The number of para-hydroxylation sites is 3. The van der Waals surface area contributed by atoms with E-state index >= 15 is 0 Å². The topological polar surface area (TPSA) is 35.9 Å². The van der Waals surface area contributed by atoms with Crippen molar-refractivity contribution in [3.8, 4) is 73.3 Å². The summed E-state index contributed by atoms with van der Waals surface area (Å²) in [5, 5.41) is 3.62. The maximum Gasteiger partial charge on any atom is 0.269 e. The van der Waals surface area contributed by atoms with E-state index in [0.717, 1.165) is 61.9 Å². The first-order valence-corrected chi connectivity index (χ1v) is 23.2. The third-order valence-corrected chi connectivity index (χ3v) is 13.5. The Morgan fingerprint density at radius 1 is 0.522 bits per heavy atom. The summed E-state index contributed by atoms with van der Waals surface area (Å²) in [6, 6.07) is 67.5. The molecule has 0 bridgehead atoms. The maximum atomic E-state index is 6.91. The van der Waals surface area contributed by atoms with E-state index in [2.05, 4.69) is 244 Å². The highest BCUT2D eigenvalue weighted by Crippen LogP contribution is 2.52. The molecule has 11 aromatic rings. The van der Waals surface area contributed by atoms with E-state index in [1.165, 1.54) is 55.3 Å². The standard InChI is InChI=1S/C62H50N4O/c1-61(2,3)42-20-13-19-41(35-42)47-23-9-10-28-53(47)65-39-64(54-29-11-12-30-55(54)65)44-21-16-22-45(37-44)67-46-31-32-51-56(38-46)66(57-36-43(33-34-63-57)62(4,5)6)60-50-25-8-7-24-48(50)49-26-14-17-40-18-15-27-52(58(40)49)59(51)60/h7-38H,1-6H3. The highest BCUT2D eigenvalue weighted by molar-refractivity contribution is 6.19. The Kier molecular flexibility index (Phi) is 9.24. The van der Waals surface area contributed by atoms with Gasteiger partial charge in [-0.2, -0.15) is 0 Å². The molecule has 0 spiro atoms. The van der Waals surface area contributed by atoms with Crippen molar-refractivity contribution in [3.63, 3.8) is 0 Å². The minimum absolute atomic E-state index is 0.0335. The quantitative estimate of drug-likeness (QED) is 0.123. The zero-order valence-electron chi connectivity index (χ0n) is 38.7. The summed E-state index contributed by atoms with van der Waals surface area (Å²) in [6.45, 7) is 13.6. The van der Waals surface area contributed by atoms with Gasteiger partial charge in [-0.3, -0.25) is 13.7 Å². The number of hydrogen-bond donors (Lipinski definition) is 0. The Bertz CT molecular complexity index is 3760. The van der Waals surface area contributed by atoms with Gasteiger partial charge in [0, 0.05) is 28.8 Å². The van der Waals surface area contributed by atoms with Crippen LogP contribution in [0.4, 0.5) is 0 Å². The van der Waals surface area contributed by atoms with E-state index in [0.29, 0.717) is 0 Å². The molecule has 0 N–H and O–H groups in total. The average Bonchev–Trinajstić information content (AvgIpc) is 3.86. The lowest BCUT2D eigenvalue weighted by molar-refractivity contribution is -0.571. The summed E-state index contributed by atoms with van der Waals surface area (Å²) in [6.07, 6.45) is 5.71. The van der Waals surface area contributed by atoms with Gasteiger partial charge in [0.25, 0.3) is 6.33 Å². The zero-order valence-corrected chi connectivity index (χ0v) is 38.7. The molecular weight excluding hydrogens is 817 g/mol. The van der Waals surface area contributed by atoms with Crippen molar-refractivity contribution in [1.29, 1.82) is 0 Å². The zero-order chi connectivity index (χ0) is 45.6. The molecule has 12 rings (SSSR count). The molecule has 3 aromatic heterocycles. The lowest BCUT2D eigenvalue weighted by atomic mass is 9.85. The van der Waals surface area contributed by atoms with Crippen LogP contribution < -0.4 is 9.30 Å². The molecule has 0 amide bonds. The highest BCUT2D eigenvalue weighted by atomic mass is 16.5. The molecule has 0 fully saturated rings. The SMILES string of the molecule is CC(C)(C)c1cccc(-c2ccccc2-[n+]2[c-]n(-c3cccc(Oc4ccc5c6c(n(-c7cc(C(C)(C)C)ccn7)c5c4)-c4ccccc4-c4cccc5cccc-6c45)c3)c3ccccc32)c1. The number of imidazole rings is 1. The number of fused-ring (bicyclic) bond motifs is 8. The largest absolute Gasteiger partial charge is 0.458 e. The van der Waals surface area contributed by atoms with Gasteiger partial charge in [0.15, 0.2) is 0 Å². The van der Waals surface area contributed by atoms with Crippen LogP contribution in [0.25, 0.3) is 94.5 Å². The summed E-state index contributed by atoms with van der Waals surface area (Å²) >= 11 is 0. The number of pyridine rings is 1. The second kappa shape index (κ2) is 15.3. The van der Waals surface area contributed by atoms with Crippen LogP contribution in [0.1, 0.15) is 52.7 Å². The van der Waals surface area contributed by atoms with E-state index < -0.39 is 0 Å². The van der Waals surface area contributed by atoms with Crippen LogP contribution in [0, 0.1) is 6.33 Å². The Labute approximate surface area is 391 Å². The van der Waals surface area contributed by atoms with Gasteiger partial charge in [-0.1, -0.05) is 175 Å². The average molecular weight is 867 g/mol. The summed E-state index contributed by atoms with van der Waals surface area (Å²) in [4.78, 5) is 5.11. The minimum atomic E-state index is -0.0696. The third-order valence-electron chi connectivity index (χ3n) is 13.5. The molecule has 5 heteroatoms. The van der Waals surface area contributed by atoms with Crippen LogP contribution in [0.3, 0.4) is 0 Å². The van der Waals surface area contributed by atoms with Crippen molar-refractivity contribution in [2.75, 3.05) is 0 Å². The molecule has 0 saturated carbocycles. The molecule has 3 heterocycles. The molecular formula is C62H50N4O. The first-order valence-electron chi connectivity index (χ1n) is 23.2. The lowest BCUT2D eigenvalue weighted by Gasteiger charge is -2.21. The van der Waals surface area contributed by atoms with Crippen LogP contribution in [-0.4, -0.2) is 14.1 Å². The fourth-order valence-corrected chi connectivity index (χ4v) is 10.1. The van der Waals surface area contributed by atoms with Crippen LogP contribution in [-0.2, 0) is 10.8 Å². The second-order valence-electron chi connectivity index (χ2n) is 19.9. The molecule has 0 unspecified atom stereocenters. The van der Waals surface area contributed by atoms with Gasteiger partial charge in [0.2, 0.25) is 0 Å². The van der Waals surface area contributed by atoms with E-state index in [9.17, 15) is 0 Å². The van der Waals surface area contributed by atoms with Gasteiger partial charge in [-0.05, 0) is 109 Å². The van der Waals surface area contributed by atoms with Crippen LogP contribution in [0.15, 0.2) is 194 Å². The van der Waals surface area contributed by atoms with Crippen molar-refractivity contribution in [2.24, 2.45) is 0 Å². The van der Waals surface area contributed by atoms with Crippen molar-refractivity contribution < 1.29 is 9.30 Å². The van der Waals surface area contributed by atoms with Gasteiger partial charge in [0.05, 0.1) is 33.6 Å². The first kappa shape index (κ1) is 40.5. The molecule has 1 aliphatic carbocycles. The van der Waals surface area contributed by atoms with Crippen LogP contribution in [0.2, 0.25) is 0 Å². The molecule has 67 heavy (non-hydrogen) atoms. The smallest absolute Gasteiger partial charge is 0.269 e. The molecule has 5 nitrogen and oxygen atoms in total. The lowest BCUT2D eigenvalue weighted by Crippen LogP contribution is -2.30. The number of aromatic nitrogens is 4. The molecule has 0 radical (unpaired) electrons. The Morgan fingerprint density at radius 2 is 1.19 bits per heavy atom. The Balaban J connectivity index is 1.00. The van der Waals surface area contributed by atoms with Crippen molar-refractivity contribution >= 4 is 32.7 Å². The summed E-state index contributed by atoms with van der Waals surface area (Å²) in [5.41, 5.74) is 17.1. The van der Waals surface area contributed by atoms with Gasteiger partial charge >= 0.3 is 0 Å². The van der Waals surface area contributed by atoms with Gasteiger partial charge in [0.1, 0.15) is 17.3 Å². The minimum Gasteiger partial charge on any atom is -0.458 e. The molecule has 0 aliphatic heterocycles. The van der Waals surface area contributed by atoms with E-state index in [4.69, 9.17) is 9.72 Å². The predicted molar refractivity (Wildman–Crippen MR) is 275 cm³/mol. The highest BCUT2D eigenvalue weighted by Gasteiger charge is 2.30.